The lowest BCUT2D eigenvalue weighted by molar-refractivity contribution is -0.187. The molecule has 3 aromatic rings. The van der Waals surface area contributed by atoms with Gasteiger partial charge in [0.15, 0.2) is 17.8 Å². The van der Waals surface area contributed by atoms with Crippen LogP contribution in [0.4, 0.5) is 48.3 Å². The number of hydrogen-bond acceptors (Lipinski definition) is 6. The zero-order valence-electron chi connectivity index (χ0n) is 26.3. The van der Waals surface area contributed by atoms with Crippen molar-refractivity contribution < 1.29 is 62.6 Å². The first kappa shape index (κ1) is 38.6. The Balaban J connectivity index is 1.64. The number of halogens is 11. The lowest BCUT2D eigenvalue weighted by Crippen LogP contribution is -2.61. The molecule has 1 fully saturated rings. The Hall–Kier alpha value is -4.23. The lowest BCUT2D eigenvalue weighted by Gasteiger charge is -2.30. The van der Waals surface area contributed by atoms with Gasteiger partial charge in [-0.25, -0.2) is 13.8 Å². The van der Waals surface area contributed by atoms with E-state index in [2.05, 4.69) is 15.3 Å². The monoisotopic (exact) mass is 732 g/mol. The minimum absolute atomic E-state index is 0.00923. The van der Waals surface area contributed by atoms with Crippen LogP contribution < -0.4 is 21.1 Å². The summed E-state index contributed by atoms with van der Waals surface area (Å²) < 4.78 is 153. The highest BCUT2D eigenvalue weighted by atomic mass is 19.4. The topological polar surface area (TPSA) is 124 Å². The number of rotatable bonds is 10. The number of nitrogens with one attached hydrogen (secondary N) is 2. The number of nitrogens with two attached hydrogens (primary N) is 1. The van der Waals surface area contributed by atoms with Gasteiger partial charge in [0.05, 0.1) is 11.5 Å². The Morgan fingerprint density at radius 3 is 2.20 bits per heavy atom. The third-order valence-corrected chi connectivity index (χ3v) is 8.36. The number of fused-ring (bicyclic) bond motifs is 1. The van der Waals surface area contributed by atoms with Gasteiger partial charge in [-0.15, -0.1) is 0 Å². The Labute approximate surface area is 276 Å². The first-order chi connectivity index (χ1) is 23.0. The third kappa shape index (κ3) is 8.73. The minimum Gasteiger partial charge on any atom is -0.471 e. The number of ether oxygens (including phenoxy) is 1. The molecule has 20 heteroatoms. The molecule has 1 atom stereocenters. The number of aryl methyl sites for hydroxylation is 1. The van der Waals surface area contributed by atoms with Crippen molar-refractivity contribution in [2.45, 2.75) is 82.1 Å². The highest BCUT2D eigenvalue weighted by Crippen LogP contribution is 2.38. The molecule has 0 radical (unpaired) electrons. The van der Waals surface area contributed by atoms with E-state index in [-0.39, 0.29) is 53.8 Å². The van der Waals surface area contributed by atoms with Gasteiger partial charge in [0.25, 0.3) is 12.3 Å². The predicted molar refractivity (Wildman–Crippen MR) is 154 cm³/mol. The van der Waals surface area contributed by atoms with Gasteiger partial charge in [-0.05, 0) is 55.9 Å². The van der Waals surface area contributed by atoms with Gasteiger partial charge in [-0.1, -0.05) is 12.1 Å². The van der Waals surface area contributed by atoms with Crippen molar-refractivity contribution in [2.24, 2.45) is 18.7 Å². The number of amides is 2. The van der Waals surface area contributed by atoms with Crippen LogP contribution in [0.15, 0.2) is 24.3 Å². The lowest BCUT2D eigenvalue weighted by atomic mass is 9.85. The number of aromatic nitrogens is 3. The number of nitrogens with zero attached hydrogens (tertiary/aromatic N) is 3. The number of hydrogen-bond donors (Lipinski definition) is 3. The van der Waals surface area contributed by atoms with E-state index in [4.69, 9.17) is 10.5 Å². The van der Waals surface area contributed by atoms with E-state index < -0.39 is 90.8 Å². The van der Waals surface area contributed by atoms with Crippen LogP contribution >= 0.6 is 0 Å². The minimum atomic E-state index is -5.11. The molecule has 0 aliphatic heterocycles. The van der Waals surface area contributed by atoms with Crippen LogP contribution in [0.1, 0.15) is 65.5 Å². The van der Waals surface area contributed by atoms with E-state index in [1.807, 2.05) is 5.32 Å². The molecule has 1 unspecified atom stereocenters. The third-order valence-electron chi connectivity index (χ3n) is 8.36. The van der Waals surface area contributed by atoms with Gasteiger partial charge in [-0.3, -0.25) is 9.59 Å². The van der Waals surface area contributed by atoms with Gasteiger partial charge >= 0.3 is 18.5 Å². The van der Waals surface area contributed by atoms with Crippen molar-refractivity contribution in [3.63, 3.8) is 0 Å². The molecule has 1 aromatic carbocycles. The normalized spacial score (nSPS) is 18.6. The van der Waals surface area contributed by atoms with Crippen LogP contribution in [-0.2, 0) is 31.0 Å². The van der Waals surface area contributed by atoms with E-state index in [0.717, 1.165) is 18.2 Å². The molecule has 1 saturated carbocycles. The predicted octanol–water partition coefficient (Wildman–Crippen LogP) is 5.97. The largest absolute Gasteiger partial charge is 0.471 e. The highest BCUT2D eigenvalue weighted by molar-refractivity contribution is 5.99. The van der Waals surface area contributed by atoms with Crippen molar-refractivity contribution in [3.8, 4) is 5.88 Å². The molecule has 2 aromatic heterocycles. The average Bonchev–Trinajstić information content (AvgIpc) is 3.30. The summed E-state index contributed by atoms with van der Waals surface area (Å²) in [5, 5.41) is 4.51. The Bertz CT molecular complexity index is 1710. The van der Waals surface area contributed by atoms with Gasteiger partial charge < -0.3 is 25.7 Å². The van der Waals surface area contributed by atoms with E-state index in [9.17, 15) is 57.9 Å². The number of benzene rings is 1. The Kier molecular flexibility index (Phi) is 10.9. The molecule has 1 aliphatic rings. The molecule has 2 amide bonds. The second kappa shape index (κ2) is 14.2. The fraction of sp³-hybridized carbons (Fsp3) is 0.533. The highest BCUT2D eigenvalue weighted by Gasteiger charge is 2.53. The molecule has 4 rings (SSSR count). The molecule has 1 aliphatic carbocycles. The summed E-state index contributed by atoms with van der Waals surface area (Å²) in [6.07, 6.45) is -18.4. The van der Waals surface area contributed by atoms with E-state index >= 15 is 0 Å². The summed E-state index contributed by atoms with van der Waals surface area (Å²) in [7, 11) is 1.34. The summed E-state index contributed by atoms with van der Waals surface area (Å²) in [5.41, 5.74) is -0.269. The summed E-state index contributed by atoms with van der Waals surface area (Å²) in [6.45, 7) is -1.37. The van der Waals surface area contributed by atoms with Gasteiger partial charge in [0.1, 0.15) is 16.9 Å². The van der Waals surface area contributed by atoms with Crippen LogP contribution in [0.3, 0.4) is 0 Å². The van der Waals surface area contributed by atoms with Crippen LogP contribution in [0.5, 0.6) is 5.88 Å². The number of carbonyl (C=O) groups is 2. The van der Waals surface area contributed by atoms with Crippen molar-refractivity contribution in [3.05, 3.63) is 52.3 Å². The summed E-state index contributed by atoms with van der Waals surface area (Å²) in [6, 6.07) is 3.05. The van der Waals surface area contributed by atoms with E-state index in [1.165, 1.54) is 11.6 Å². The molecule has 0 spiro atoms. The van der Waals surface area contributed by atoms with Crippen molar-refractivity contribution in [1.29, 1.82) is 0 Å². The van der Waals surface area contributed by atoms with Crippen molar-refractivity contribution in [1.82, 2.24) is 25.2 Å². The van der Waals surface area contributed by atoms with Crippen molar-refractivity contribution >= 4 is 23.0 Å². The van der Waals surface area contributed by atoms with Crippen LogP contribution in [0, 0.1) is 5.92 Å². The fourth-order valence-electron chi connectivity index (χ4n) is 5.39. The van der Waals surface area contributed by atoms with E-state index in [1.54, 1.807) is 0 Å². The molecular weight excluding hydrogens is 701 g/mol. The molecule has 276 valence electrons. The Morgan fingerprint density at radius 2 is 1.64 bits per heavy atom. The number of alkyl halides is 11. The molecular formula is C30H31F11N6O3. The zero-order chi connectivity index (χ0) is 37.4. The summed E-state index contributed by atoms with van der Waals surface area (Å²) in [4.78, 5) is 33.7. The first-order valence-electron chi connectivity index (χ1n) is 15.0. The smallest absolute Gasteiger partial charge is 0.416 e. The summed E-state index contributed by atoms with van der Waals surface area (Å²) in [5.74, 6) is -4.70. The molecule has 4 N–H and O–H groups in total. The zero-order valence-corrected chi connectivity index (χ0v) is 26.3. The molecule has 2 heterocycles. The average molecular weight is 733 g/mol. The van der Waals surface area contributed by atoms with Crippen LogP contribution in [-0.4, -0.2) is 63.3 Å². The van der Waals surface area contributed by atoms with E-state index in [0.29, 0.717) is 13.0 Å². The quantitative estimate of drug-likeness (QED) is 0.221. The van der Waals surface area contributed by atoms with Crippen LogP contribution in [0.2, 0.25) is 0 Å². The SMILES string of the molecule is Cn1c(Cc2cc(CNC(=O)C(C)(N)C(F)(F)F)ccc2C(F)(F)F)nc2cc(C(=O)NC3CCC(C(F)(F)F)CC3)c(OCC(F)F)nc21. The molecule has 50 heavy (non-hydrogen) atoms. The Morgan fingerprint density at radius 1 is 1.00 bits per heavy atom. The summed E-state index contributed by atoms with van der Waals surface area (Å²) >= 11 is 0. The maximum atomic E-state index is 14.0. The maximum Gasteiger partial charge on any atom is 0.416 e. The number of pyridine rings is 1. The molecule has 9 nitrogen and oxygen atoms in total. The standard InChI is InChI=1S/C30H31F11N6O3/c1-27(42,30(39,40)41)26(49)43-12-14-3-8-19(29(36,37)38)15(9-14)10-22-45-20-11-18(25(50-13-21(31)32)46-23(20)47(22)2)24(48)44-17-6-4-16(5-7-17)28(33,34)35/h3,8-9,11,16-17,21H,4-7,10,12-13,42H2,1-2H3,(H,43,49)(H,44,48). The first-order valence-corrected chi connectivity index (χ1v) is 15.0. The van der Waals surface area contributed by atoms with Gasteiger partial charge in [0, 0.05) is 26.1 Å². The van der Waals surface area contributed by atoms with Gasteiger partial charge in [0.2, 0.25) is 11.8 Å². The molecule has 0 saturated heterocycles. The molecule has 0 bridgehead atoms. The maximum absolute atomic E-state index is 14.0. The number of carbonyl (C=O) groups excluding carboxylic acids is 2. The van der Waals surface area contributed by atoms with Crippen molar-refractivity contribution in [2.75, 3.05) is 6.61 Å². The van der Waals surface area contributed by atoms with Gasteiger partial charge in [-0.2, -0.15) is 44.5 Å². The fourth-order valence-corrected chi connectivity index (χ4v) is 5.39. The van der Waals surface area contributed by atoms with Crippen LogP contribution in [0.25, 0.3) is 11.2 Å². The second-order valence-corrected chi connectivity index (χ2v) is 12.1. The second-order valence-electron chi connectivity index (χ2n) is 12.1. The number of imidazole rings is 1.